The van der Waals surface area contributed by atoms with Crippen LogP contribution in [-0.4, -0.2) is 5.78 Å². The quantitative estimate of drug-likeness (QED) is 0.791. The highest BCUT2D eigenvalue weighted by molar-refractivity contribution is 6.42. The van der Waals surface area contributed by atoms with Crippen molar-refractivity contribution in [3.05, 3.63) is 33.8 Å². The minimum Gasteiger partial charge on any atom is -0.299 e. The monoisotopic (exact) mass is 256 g/mol. The van der Waals surface area contributed by atoms with Crippen molar-refractivity contribution in [3.8, 4) is 0 Å². The van der Waals surface area contributed by atoms with Gasteiger partial charge in [-0.2, -0.15) is 0 Å². The second kappa shape index (κ2) is 4.77. The zero-order valence-electron chi connectivity index (χ0n) is 9.17. The first kappa shape index (κ1) is 11.9. The molecular weight excluding hydrogens is 243 g/mol. The second-order valence-electron chi connectivity index (χ2n) is 4.48. The molecule has 86 valence electrons. The fourth-order valence-electron chi connectivity index (χ4n) is 1.89. The summed E-state index contributed by atoms with van der Waals surface area (Å²) in [6.45, 7) is 2.01. The molecule has 0 N–H and O–H groups in total. The molecule has 0 aliphatic heterocycles. The molecule has 0 aromatic heterocycles. The van der Waals surface area contributed by atoms with Gasteiger partial charge in [-0.3, -0.25) is 4.79 Å². The highest BCUT2D eigenvalue weighted by Gasteiger charge is 2.32. The van der Waals surface area contributed by atoms with Crippen molar-refractivity contribution in [2.24, 2.45) is 11.8 Å². The smallest absolute Gasteiger partial charge is 0.140 e. The first-order valence-corrected chi connectivity index (χ1v) is 6.30. The van der Waals surface area contributed by atoms with E-state index in [2.05, 4.69) is 0 Å². The van der Waals surface area contributed by atoms with Gasteiger partial charge in [-0.25, -0.2) is 0 Å². The van der Waals surface area contributed by atoms with Crippen LogP contribution in [0.2, 0.25) is 10.0 Å². The van der Waals surface area contributed by atoms with Gasteiger partial charge in [0.15, 0.2) is 0 Å². The number of carbonyl (C=O) groups excluding carboxylic acids is 1. The van der Waals surface area contributed by atoms with E-state index >= 15 is 0 Å². The lowest BCUT2D eigenvalue weighted by atomic mass is 9.95. The number of ketones is 1. The molecule has 3 heteroatoms. The van der Waals surface area contributed by atoms with E-state index in [1.165, 1.54) is 12.8 Å². The minimum absolute atomic E-state index is 0.162. The molecule has 1 aromatic rings. The molecule has 1 fully saturated rings. The summed E-state index contributed by atoms with van der Waals surface area (Å²) < 4.78 is 0. The SMILES string of the molecule is CC(C(=O)Cc1cccc(Cl)c1Cl)C1CC1. The van der Waals surface area contributed by atoms with Crippen LogP contribution in [0.4, 0.5) is 0 Å². The summed E-state index contributed by atoms with van der Waals surface area (Å²) in [5.41, 5.74) is 0.840. The summed E-state index contributed by atoms with van der Waals surface area (Å²) in [5, 5.41) is 1.03. The van der Waals surface area contributed by atoms with Gasteiger partial charge in [0.05, 0.1) is 10.0 Å². The lowest BCUT2D eigenvalue weighted by Gasteiger charge is -2.10. The van der Waals surface area contributed by atoms with Crippen molar-refractivity contribution in [2.75, 3.05) is 0 Å². The third kappa shape index (κ3) is 2.58. The van der Waals surface area contributed by atoms with Crippen molar-refractivity contribution in [1.29, 1.82) is 0 Å². The Kier molecular flexibility index (Phi) is 3.56. The zero-order chi connectivity index (χ0) is 11.7. The molecule has 0 spiro atoms. The lowest BCUT2D eigenvalue weighted by Crippen LogP contribution is -2.15. The Bertz CT molecular complexity index is 410. The fourth-order valence-corrected chi connectivity index (χ4v) is 2.28. The minimum atomic E-state index is 0.162. The van der Waals surface area contributed by atoms with Crippen LogP contribution in [0.3, 0.4) is 0 Å². The number of rotatable bonds is 4. The second-order valence-corrected chi connectivity index (χ2v) is 5.27. The van der Waals surface area contributed by atoms with E-state index in [1.807, 2.05) is 19.1 Å². The van der Waals surface area contributed by atoms with Crippen LogP contribution in [0.5, 0.6) is 0 Å². The number of carbonyl (C=O) groups is 1. The Labute approximate surface area is 106 Å². The molecule has 1 aliphatic carbocycles. The van der Waals surface area contributed by atoms with Crippen molar-refractivity contribution in [2.45, 2.75) is 26.2 Å². The standard InChI is InChI=1S/C13H14Cl2O/c1-8(9-5-6-9)12(16)7-10-3-2-4-11(14)13(10)15/h2-4,8-9H,5-7H2,1H3. The van der Waals surface area contributed by atoms with Gasteiger partial charge in [0, 0.05) is 12.3 Å². The maximum atomic E-state index is 12.0. The molecular formula is C13H14Cl2O. The molecule has 1 aliphatic rings. The first-order chi connectivity index (χ1) is 7.59. The van der Waals surface area contributed by atoms with Gasteiger partial charge in [-0.1, -0.05) is 42.3 Å². The molecule has 1 aromatic carbocycles. The first-order valence-electron chi connectivity index (χ1n) is 5.55. The van der Waals surface area contributed by atoms with Crippen LogP contribution < -0.4 is 0 Å². The van der Waals surface area contributed by atoms with Crippen LogP contribution in [0.1, 0.15) is 25.3 Å². The van der Waals surface area contributed by atoms with E-state index in [0.717, 1.165) is 5.56 Å². The molecule has 0 bridgehead atoms. The zero-order valence-corrected chi connectivity index (χ0v) is 10.7. The molecule has 1 saturated carbocycles. The average Bonchev–Trinajstić information content (AvgIpc) is 3.07. The van der Waals surface area contributed by atoms with Crippen molar-refractivity contribution < 1.29 is 4.79 Å². The predicted molar refractivity (Wildman–Crippen MR) is 67.1 cm³/mol. The van der Waals surface area contributed by atoms with Gasteiger partial charge in [-0.15, -0.1) is 0 Å². The van der Waals surface area contributed by atoms with Crippen LogP contribution in [-0.2, 0) is 11.2 Å². The average molecular weight is 257 g/mol. The molecule has 1 unspecified atom stereocenters. The Morgan fingerprint density at radius 2 is 2.12 bits per heavy atom. The van der Waals surface area contributed by atoms with Gasteiger partial charge in [-0.05, 0) is 30.4 Å². The van der Waals surface area contributed by atoms with E-state index in [0.29, 0.717) is 22.4 Å². The normalized spacial score (nSPS) is 17.2. The third-order valence-electron chi connectivity index (χ3n) is 3.23. The van der Waals surface area contributed by atoms with Crippen LogP contribution in [0.25, 0.3) is 0 Å². The Balaban J connectivity index is 2.08. The Morgan fingerprint density at radius 3 is 2.75 bits per heavy atom. The van der Waals surface area contributed by atoms with E-state index in [-0.39, 0.29) is 11.7 Å². The molecule has 0 heterocycles. The maximum Gasteiger partial charge on any atom is 0.140 e. The van der Waals surface area contributed by atoms with Gasteiger partial charge >= 0.3 is 0 Å². The summed E-state index contributed by atoms with van der Waals surface area (Å²) >= 11 is 12.0. The largest absolute Gasteiger partial charge is 0.299 e. The van der Waals surface area contributed by atoms with Crippen LogP contribution >= 0.6 is 23.2 Å². The van der Waals surface area contributed by atoms with Crippen molar-refractivity contribution in [1.82, 2.24) is 0 Å². The molecule has 16 heavy (non-hydrogen) atoms. The molecule has 1 atom stereocenters. The van der Waals surface area contributed by atoms with E-state index in [9.17, 15) is 4.79 Å². The Hall–Kier alpha value is -0.530. The van der Waals surface area contributed by atoms with Crippen LogP contribution in [0, 0.1) is 11.8 Å². The van der Waals surface area contributed by atoms with E-state index < -0.39 is 0 Å². The highest BCUT2D eigenvalue weighted by atomic mass is 35.5. The molecule has 2 rings (SSSR count). The van der Waals surface area contributed by atoms with Crippen molar-refractivity contribution in [3.63, 3.8) is 0 Å². The van der Waals surface area contributed by atoms with Gasteiger partial charge in [0.25, 0.3) is 0 Å². The number of hydrogen-bond acceptors (Lipinski definition) is 1. The summed E-state index contributed by atoms with van der Waals surface area (Å²) in [7, 11) is 0. The summed E-state index contributed by atoms with van der Waals surface area (Å²) in [6, 6.07) is 5.44. The van der Waals surface area contributed by atoms with E-state index in [1.54, 1.807) is 6.07 Å². The van der Waals surface area contributed by atoms with Crippen molar-refractivity contribution >= 4 is 29.0 Å². The highest BCUT2D eigenvalue weighted by Crippen LogP contribution is 2.37. The number of hydrogen-bond donors (Lipinski definition) is 0. The molecule has 0 saturated heterocycles. The van der Waals surface area contributed by atoms with Gasteiger partial charge in [0.2, 0.25) is 0 Å². The fraction of sp³-hybridized carbons (Fsp3) is 0.462. The topological polar surface area (TPSA) is 17.1 Å². The number of Topliss-reactive ketones (excluding diaryl/α,β-unsaturated/α-hetero) is 1. The van der Waals surface area contributed by atoms with E-state index in [4.69, 9.17) is 23.2 Å². The summed E-state index contributed by atoms with van der Waals surface area (Å²) in [5.74, 6) is 1.03. The Morgan fingerprint density at radius 1 is 1.44 bits per heavy atom. The number of benzene rings is 1. The third-order valence-corrected chi connectivity index (χ3v) is 4.09. The number of halogens is 2. The lowest BCUT2D eigenvalue weighted by molar-refractivity contribution is -0.122. The molecule has 1 nitrogen and oxygen atoms in total. The summed E-state index contributed by atoms with van der Waals surface area (Å²) in [6.07, 6.45) is 2.78. The van der Waals surface area contributed by atoms with Gasteiger partial charge in [0.1, 0.15) is 5.78 Å². The summed E-state index contributed by atoms with van der Waals surface area (Å²) in [4.78, 5) is 12.0. The van der Waals surface area contributed by atoms with Crippen LogP contribution in [0.15, 0.2) is 18.2 Å². The van der Waals surface area contributed by atoms with Gasteiger partial charge < -0.3 is 0 Å². The maximum absolute atomic E-state index is 12.0. The predicted octanol–water partition coefficient (Wildman–Crippen LogP) is 4.15. The molecule has 0 radical (unpaired) electrons. The molecule has 0 amide bonds.